The van der Waals surface area contributed by atoms with E-state index in [2.05, 4.69) is 26.4 Å². The minimum atomic E-state index is 0.646. The van der Waals surface area contributed by atoms with E-state index in [0.29, 0.717) is 6.54 Å². The summed E-state index contributed by atoms with van der Waals surface area (Å²) in [6.45, 7) is 1.63. The number of hydrogen-bond donors (Lipinski definition) is 1. The topological polar surface area (TPSA) is 62.5 Å². The fraction of sp³-hybridized carbons (Fsp3) is 0.263. The lowest BCUT2D eigenvalue weighted by molar-refractivity contribution is 0.886. The summed E-state index contributed by atoms with van der Waals surface area (Å²) in [4.78, 5) is 18.1. The van der Waals surface area contributed by atoms with Gasteiger partial charge >= 0.3 is 0 Å². The van der Waals surface area contributed by atoms with Crippen molar-refractivity contribution >= 4 is 39.5 Å². The molecule has 5 rings (SSSR count). The summed E-state index contributed by atoms with van der Waals surface area (Å²) < 4.78 is 0. The van der Waals surface area contributed by atoms with Crippen LogP contribution in [0.15, 0.2) is 46.6 Å². The van der Waals surface area contributed by atoms with E-state index in [1.165, 1.54) is 12.8 Å². The minimum Gasteiger partial charge on any atom is -0.369 e. The average molecular weight is 315 g/mol. The molecule has 5 heteroatoms. The molecule has 1 saturated carbocycles. The second-order valence-electron chi connectivity index (χ2n) is 6.38. The largest absolute Gasteiger partial charge is 0.369 e. The van der Waals surface area contributed by atoms with Crippen molar-refractivity contribution in [1.82, 2.24) is 9.97 Å². The van der Waals surface area contributed by atoms with Crippen LogP contribution in [0.25, 0.3) is 21.7 Å². The molecule has 1 aromatic carbocycles. The highest BCUT2D eigenvalue weighted by molar-refractivity contribution is 6.18. The lowest BCUT2D eigenvalue weighted by atomic mass is 10.0. The molecular weight excluding hydrogens is 298 g/mol. The van der Waals surface area contributed by atoms with Crippen molar-refractivity contribution in [2.45, 2.75) is 12.8 Å². The summed E-state index contributed by atoms with van der Waals surface area (Å²) in [6.07, 6.45) is 8.22. The number of pyridine rings is 2. The van der Waals surface area contributed by atoms with Crippen LogP contribution in [0, 0.1) is 5.92 Å². The Balaban J connectivity index is 1.76. The molecule has 5 nitrogen and oxygen atoms in total. The van der Waals surface area contributed by atoms with Crippen LogP contribution < -0.4 is 5.32 Å². The molecule has 2 aromatic heterocycles. The normalized spacial score (nSPS) is 16.8. The van der Waals surface area contributed by atoms with Crippen molar-refractivity contribution in [2.75, 3.05) is 18.4 Å². The van der Waals surface area contributed by atoms with Crippen LogP contribution in [0.3, 0.4) is 0 Å². The number of para-hydroxylation sites is 1. The monoisotopic (exact) mass is 315 g/mol. The molecule has 0 saturated heterocycles. The zero-order valence-corrected chi connectivity index (χ0v) is 13.2. The smallest absolute Gasteiger partial charge is 0.156 e. The van der Waals surface area contributed by atoms with E-state index in [4.69, 9.17) is 4.98 Å². The molecule has 2 aliphatic rings. The molecule has 1 aliphatic carbocycles. The maximum Gasteiger partial charge on any atom is 0.156 e. The van der Waals surface area contributed by atoms with Gasteiger partial charge in [0.2, 0.25) is 0 Å². The number of rotatable bonds is 4. The Morgan fingerprint density at radius 1 is 1.08 bits per heavy atom. The zero-order valence-electron chi connectivity index (χ0n) is 13.2. The van der Waals surface area contributed by atoms with Crippen LogP contribution >= 0.6 is 0 Å². The van der Waals surface area contributed by atoms with E-state index in [1.54, 1.807) is 0 Å². The Hall–Kier alpha value is -2.82. The summed E-state index contributed by atoms with van der Waals surface area (Å²) in [7, 11) is 0. The molecule has 1 N–H and O–H groups in total. The van der Waals surface area contributed by atoms with Gasteiger partial charge in [-0.05, 0) is 30.9 Å². The predicted molar refractivity (Wildman–Crippen MR) is 98.2 cm³/mol. The van der Waals surface area contributed by atoms with Crippen molar-refractivity contribution in [2.24, 2.45) is 15.9 Å². The van der Waals surface area contributed by atoms with Gasteiger partial charge in [-0.25, -0.2) is 9.98 Å². The van der Waals surface area contributed by atoms with Crippen molar-refractivity contribution < 1.29 is 0 Å². The van der Waals surface area contributed by atoms with Crippen molar-refractivity contribution in [3.63, 3.8) is 0 Å². The Kier molecular flexibility index (Phi) is 3.04. The van der Waals surface area contributed by atoms with Gasteiger partial charge in [-0.1, -0.05) is 12.1 Å². The summed E-state index contributed by atoms with van der Waals surface area (Å²) in [5.41, 5.74) is 1.93. The number of nitrogens with zero attached hydrogens (tertiary/aromatic N) is 4. The first-order valence-electron chi connectivity index (χ1n) is 8.38. The number of aliphatic imine (C=N–C) groups is 2. The molecule has 3 aromatic rings. The number of fused-ring (bicyclic) bond motifs is 3. The van der Waals surface area contributed by atoms with E-state index in [9.17, 15) is 0 Å². The number of benzene rings is 1. The quantitative estimate of drug-likeness (QED) is 0.750. The second kappa shape index (κ2) is 5.37. The van der Waals surface area contributed by atoms with Crippen molar-refractivity contribution in [3.05, 3.63) is 42.2 Å². The minimum absolute atomic E-state index is 0.646. The third-order valence-corrected chi connectivity index (χ3v) is 4.66. The molecule has 0 amide bonds. The highest BCUT2D eigenvalue weighted by Crippen LogP contribution is 2.33. The van der Waals surface area contributed by atoms with Crippen molar-refractivity contribution in [3.8, 4) is 0 Å². The molecule has 0 bridgehead atoms. The number of amidine groups is 1. The fourth-order valence-electron chi connectivity index (χ4n) is 3.20. The number of anilines is 1. The van der Waals surface area contributed by atoms with Gasteiger partial charge in [-0.2, -0.15) is 0 Å². The standard InChI is InChI=1S/C19H17N5/c1-2-13-16-11-20-7-6-14(16)19(23-10-12-4-5-12)24-17(13)15(3-1)18-21-8-9-22-18/h1-3,6-8,11-12H,4-5,9-10H2,(H,23,24). The Labute approximate surface area is 139 Å². The molecule has 0 radical (unpaired) electrons. The Bertz CT molecular complexity index is 1000. The maximum absolute atomic E-state index is 4.95. The van der Waals surface area contributed by atoms with Gasteiger partial charge in [0, 0.05) is 46.9 Å². The number of nitrogens with one attached hydrogen (secondary N) is 1. The van der Waals surface area contributed by atoms with Crippen LogP contribution in [0.4, 0.5) is 5.82 Å². The van der Waals surface area contributed by atoms with Crippen molar-refractivity contribution in [1.29, 1.82) is 0 Å². The average Bonchev–Trinajstić information content (AvgIpc) is 3.30. The third kappa shape index (κ3) is 2.24. The van der Waals surface area contributed by atoms with Gasteiger partial charge in [0.05, 0.1) is 12.1 Å². The molecule has 1 aliphatic heterocycles. The van der Waals surface area contributed by atoms with Gasteiger partial charge in [0.1, 0.15) is 5.82 Å². The van der Waals surface area contributed by atoms with Crippen LogP contribution in [-0.2, 0) is 0 Å². The summed E-state index contributed by atoms with van der Waals surface area (Å²) >= 11 is 0. The molecule has 118 valence electrons. The van der Waals surface area contributed by atoms with E-state index in [-0.39, 0.29) is 0 Å². The Morgan fingerprint density at radius 3 is 2.88 bits per heavy atom. The number of aromatic nitrogens is 2. The molecule has 1 fully saturated rings. The molecule has 0 spiro atoms. The molecule has 0 atom stereocenters. The van der Waals surface area contributed by atoms with Crippen LogP contribution in [0.2, 0.25) is 0 Å². The van der Waals surface area contributed by atoms with Crippen LogP contribution in [0.1, 0.15) is 18.4 Å². The molecule has 24 heavy (non-hydrogen) atoms. The second-order valence-corrected chi connectivity index (χ2v) is 6.38. The van der Waals surface area contributed by atoms with Gasteiger partial charge in [0.15, 0.2) is 5.84 Å². The van der Waals surface area contributed by atoms with E-state index >= 15 is 0 Å². The predicted octanol–water partition coefficient (Wildman–Crippen LogP) is 3.44. The van der Waals surface area contributed by atoms with Crippen LogP contribution in [-0.4, -0.2) is 35.1 Å². The summed E-state index contributed by atoms with van der Waals surface area (Å²) in [5, 5.41) is 6.87. The molecular formula is C19H17N5. The first kappa shape index (κ1) is 13.6. The summed E-state index contributed by atoms with van der Waals surface area (Å²) in [6, 6.07) is 8.22. The highest BCUT2D eigenvalue weighted by atomic mass is 15.0. The maximum atomic E-state index is 4.95. The van der Waals surface area contributed by atoms with E-state index in [0.717, 1.165) is 51.4 Å². The van der Waals surface area contributed by atoms with Gasteiger partial charge in [0.25, 0.3) is 0 Å². The third-order valence-electron chi connectivity index (χ3n) is 4.66. The highest BCUT2D eigenvalue weighted by Gasteiger charge is 2.22. The lowest BCUT2D eigenvalue weighted by Crippen LogP contribution is -2.07. The van der Waals surface area contributed by atoms with E-state index < -0.39 is 0 Å². The first-order chi connectivity index (χ1) is 11.9. The molecule has 0 unspecified atom stereocenters. The summed E-state index contributed by atoms with van der Waals surface area (Å²) in [5.74, 6) is 2.49. The first-order valence-corrected chi connectivity index (χ1v) is 8.38. The SMILES string of the molecule is C1=NC(c2cccc3c2nc(NCC2CC2)c2ccncc23)=NC1. The molecule has 3 heterocycles. The number of hydrogen-bond acceptors (Lipinski definition) is 5. The van der Waals surface area contributed by atoms with Crippen LogP contribution in [0.5, 0.6) is 0 Å². The Morgan fingerprint density at radius 2 is 2.04 bits per heavy atom. The fourth-order valence-corrected chi connectivity index (χ4v) is 3.20. The van der Waals surface area contributed by atoms with E-state index in [1.807, 2.05) is 36.8 Å². The van der Waals surface area contributed by atoms with Gasteiger partial charge < -0.3 is 5.32 Å². The van der Waals surface area contributed by atoms with Gasteiger partial charge in [-0.15, -0.1) is 0 Å². The zero-order chi connectivity index (χ0) is 15.9. The van der Waals surface area contributed by atoms with Gasteiger partial charge in [-0.3, -0.25) is 9.98 Å². The lowest BCUT2D eigenvalue weighted by Gasteiger charge is -2.13.